The van der Waals surface area contributed by atoms with E-state index < -0.39 is 0 Å². The van der Waals surface area contributed by atoms with Crippen molar-refractivity contribution in [2.75, 3.05) is 5.73 Å². The third-order valence-electron chi connectivity index (χ3n) is 3.00. The number of hydrogen-bond acceptors (Lipinski definition) is 3. The highest BCUT2D eigenvalue weighted by molar-refractivity contribution is 5.76. The SMILES string of the molecule is Nc1ccccc1-c1cc(-c2ccccc2)nn1O. The first-order valence-corrected chi connectivity index (χ1v) is 5.95. The number of benzene rings is 2. The molecule has 0 radical (unpaired) electrons. The second kappa shape index (κ2) is 4.49. The summed E-state index contributed by atoms with van der Waals surface area (Å²) in [6, 6.07) is 18.9. The van der Waals surface area contributed by atoms with Crippen molar-refractivity contribution in [1.29, 1.82) is 0 Å². The van der Waals surface area contributed by atoms with Crippen LogP contribution in [0.1, 0.15) is 0 Å². The van der Waals surface area contributed by atoms with Crippen LogP contribution >= 0.6 is 0 Å². The summed E-state index contributed by atoms with van der Waals surface area (Å²) in [6.45, 7) is 0. The summed E-state index contributed by atoms with van der Waals surface area (Å²) >= 11 is 0. The molecule has 0 fully saturated rings. The zero-order chi connectivity index (χ0) is 13.2. The minimum Gasteiger partial charge on any atom is -0.411 e. The molecule has 4 nitrogen and oxygen atoms in total. The van der Waals surface area contributed by atoms with Crippen LogP contribution in [0.5, 0.6) is 0 Å². The molecule has 1 heterocycles. The van der Waals surface area contributed by atoms with Gasteiger partial charge in [0.2, 0.25) is 0 Å². The van der Waals surface area contributed by atoms with Gasteiger partial charge in [0.15, 0.2) is 0 Å². The number of nitrogens with zero attached hydrogens (tertiary/aromatic N) is 2. The molecule has 4 heteroatoms. The average molecular weight is 251 g/mol. The van der Waals surface area contributed by atoms with Crippen molar-refractivity contribution in [3.05, 3.63) is 60.7 Å². The normalized spacial score (nSPS) is 10.5. The van der Waals surface area contributed by atoms with E-state index in [9.17, 15) is 5.21 Å². The minimum absolute atomic E-state index is 0.581. The number of anilines is 1. The van der Waals surface area contributed by atoms with Crippen molar-refractivity contribution in [3.8, 4) is 22.5 Å². The van der Waals surface area contributed by atoms with E-state index in [1.165, 1.54) is 0 Å². The molecule has 0 saturated carbocycles. The van der Waals surface area contributed by atoms with Crippen LogP contribution < -0.4 is 5.73 Å². The maximum atomic E-state index is 9.92. The van der Waals surface area contributed by atoms with E-state index >= 15 is 0 Å². The summed E-state index contributed by atoms with van der Waals surface area (Å²) in [5.74, 6) is 0. The number of hydrogen-bond donors (Lipinski definition) is 2. The van der Waals surface area contributed by atoms with Crippen LogP contribution in [-0.4, -0.2) is 15.2 Å². The van der Waals surface area contributed by atoms with Gasteiger partial charge in [-0.25, -0.2) is 0 Å². The van der Waals surface area contributed by atoms with Crippen molar-refractivity contribution in [3.63, 3.8) is 0 Å². The second-order valence-corrected chi connectivity index (χ2v) is 4.26. The van der Waals surface area contributed by atoms with Gasteiger partial charge in [0.05, 0.1) is 5.69 Å². The fourth-order valence-electron chi connectivity index (χ4n) is 2.04. The Kier molecular flexibility index (Phi) is 2.68. The van der Waals surface area contributed by atoms with Crippen LogP contribution in [0.4, 0.5) is 5.69 Å². The van der Waals surface area contributed by atoms with Gasteiger partial charge < -0.3 is 10.9 Å². The Hall–Kier alpha value is -2.75. The van der Waals surface area contributed by atoms with E-state index in [4.69, 9.17) is 5.73 Å². The van der Waals surface area contributed by atoms with Crippen molar-refractivity contribution in [2.45, 2.75) is 0 Å². The predicted octanol–water partition coefficient (Wildman–Crippen LogP) is 3.04. The summed E-state index contributed by atoms with van der Waals surface area (Å²) in [7, 11) is 0. The Balaban J connectivity index is 2.11. The number of nitrogens with two attached hydrogens (primary N) is 1. The zero-order valence-electron chi connectivity index (χ0n) is 10.2. The highest BCUT2D eigenvalue weighted by Crippen LogP contribution is 2.28. The maximum Gasteiger partial charge on any atom is 0.112 e. The molecule has 0 spiro atoms. The lowest BCUT2D eigenvalue weighted by atomic mass is 10.1. The van der Waals surface area contributed by atoms with Crippen molar-refractivity contribution in [1.82, 2.24) is 9.94 Å². The number of para-hydroxylation sites is 1. The van der Waals surface area contributed by atoms with E-state index in [-0.39, 0.29) is 0 Å². The van der Waals surface area contributed by atoms with Crippen LogP contribution in [0.3, 0.4) is 0 Å². The molecule has 0 amide bonds. The van der Waals surface area contributed by atoms with Gasteiger partial charge in [0.1, 0.15) is 5.69 Å². The smallest absolute Gasteiger partial charge is 0.112 e. The second-order valence-electron chi connectivity index (χ2n) is 4.26. The molecule has 19 heavy (non-hydrogen) atoms. The first kappa shape index (κ1) is 11.3. The predicted molar refractivity (Wildman–Crippen MR) is 74.7 cm³/mol. The highest BCUT2D eigenvalue weighted by atomic mass is 16.5. The Bertz CT molecular complexity index is 704. The van der Waals surface area contributed by atoms with E-state index in [1.54, 1.807) is 6.07 Å². The Morgan fingerprint density at radius 2 is 1.63 bits per heavy atom. The van der Waals surface area contributed by atoms with Gasteiger partial charge in [-0.1, -0.05) is 48.5 Å². The zero-order valence-corrected chi connectivity index (χ0v) is 10.2. The molecule has 0 aliphatic carbocycles. The first-order chi connectivity index (χ1) is 9.25. The monoisotopic (exact) mass is 251 g/mol. The molecule has 0 aliphatic rings. The van der Waals surface area contributed by atoms with E-state index in [0.717, 1.165) is 16.0 Å². The number of nitrogen functional groups attached to an aromatic ring is 1. The van der Waals surface area contributed by atoms with Gasteiger partial charge in [-0.2, -0.15) is 0 Å². The van der Waals surface area contributed by atoms with Crippen LogP contribution in [0.2, 0.25) is 0 Å². The lowest BCUT2D eigenvalue weighted by molar-refractivity contribution is 0.154. The number of aromatic nitrogens is 2. The summed E-state index contributed by atoms with van der Waals surface area (Å²) in [6.07, 6.45) is 0. The van der Waals surface area contributed by atoms with Gasteiger partial charge >= 0.3 is 0 Å². The molecule has 0 bridgehead atoms. The van der Waals surface area contributed by atoms with Crippen LogP contribution in [0.15, 0.2) is 60.7 Å². The summed E-state index contributed by atoms with van der Waals surface area (Å²) in [4.78, 5) is 0.869. The van der Waals surface area contributed by atoms with Crippen LogP contribution in [0.25, 0.3) is 22.5 Å². The van der Waals surface area contributed by atoms with E-state index in [1.807, 2.05) is 54.6 Å². The topological polar surface area (TPSA) is 64.1 Å². The van der Waals surface area contributed by atoms with Gasteiger partial charge in [-0.05, 0) is 12.1 Å². The molecule has 2 aromatic carbocycles. The van der Waals surface area contributed by atoms with E-state index in [0.29, 0.717) is 17.1 Å². The standard InChI is InChI=1S/C15H13N3O/c16-13-9-5-4-8-12(13)15-10-14(17-18(15)19)11-6-2-1-3-7-11/h1-10,19H,16H2. The Morgan fingerprint density at radius 3 is 2.37 bits per heavy atom. The molecule has 3 N–H and O–H groups in total. The fourth-order valence-corrected chi connectivity index (χ4v) is 2.04. The van der Waals surface area contributed by atoms with Crippen LogP contribution in [0, 0.1) is 0 Å². The third-order valence-corrected chi connectivity index (χ3v) is 3.00. The average Bonchev–Trinajstić information content (AvgIpc) is 2.82. The molecule has 0 atom stereocenters. The maximum absolute atomic E-state index is 9.92. The molecule has 3 aromatic rings. The molecular weight excluding hydrogens is 238 g/mol. The van der Waals surface area contributed by atoms with Crippen molar-refractivity contribution in [2.24, 2.45) is 0 Å². The molecule has 1 aromatic heterocycles. The van der Waals surface area contributed by atoms with Crippen molar-refractivity contribution >= 4 is 5.69 Å². The van der Waals surface area contributed by atoms with Crippen molar-refractivity contribution < 1.29 is 5.21 Å². The number of rotatable bonds is 2. The van der Waals surface area contributed by atoms with Gasteiger partial charge in [0, 0.05) is 16.8 Å². The Morgan fingerprint density at radius 1 is 0.947 bits per heavy atom. The van der Waals surface area contributed by atoms with Gasteiger partial charge in [-0.3, -0.25) is 0 Å². The summed E-state index contributed by atoms with van der Waals surface area (Å²) < 4.78 is 0. The fraction of sp³-hybridized carbons (Fsp3) is 0. The molecule has 0 saturated heterocycles. The lowest BCUT2D eigenvalue weighted by Gasteiger charge is -2.03. The summed E-state index contributed by atoms with van der Waals surface area (Å²) in [5.41, 5.74) is 9.53. The highest BCUT2D eigenvalue weighted by Gasteiger charge is 2.12. The first-order valence-electron chi connectivity index (χ1n) is 5.95. The van der Waals surface area contributed by atoms with Gasteiger partial charge in [0.25, 0.3) is 0 Å². The molecule has 3 rings (SSSR count). The minimum atomic E-state index is 0.581. The largest absolute Gasteiger partial charge is 0.411 e. The Labute approximate surface area is 110 Å². The lowest BCUT2D eigenvalue weighted by Crippen LogP contribution is -1.98. The molecule has 0 unspecified atom stereocenters. The van der Waals surface area contributed by atoms with Crippen LogP contribution in [-0.2, 0) is 0 Å². The molecule has 0 aliphatic heterocycles. The quantitative estimate of drug-likeness (QED) is 0.543. The van der Waals surface area contributed by atoms with E-state index in [2.05, 4.69) is 5.10 Å². The third kappa shape index (κ3) is 2.04. The molecule has 94 valence electrons. The molecular formula is C15H13N3O. The van der Waals surface area contributed by atoms with Gasteiger partial charge in [-0.15, -0.1) is 9.94 Å². The summed E-state index contributed by atoms with van der Waals surface area (Å²) in [5, 5.41) is 14.0.